The van der Waals surface area contributed by atoms with Crippen molar-refractivity contribution in [2.24, 2.45) is 0 Å². The Morgan fingerprint density at radius 3 is 2.69 bits per heavy atom. The quantitative estimate of drug-likeness (QED) is 0.400. The number of nitrogens with zero attached hydrogens (tertiary/aromatic N) is 3. The number of aromatic nitrogens is 2. The Bertz CT molecular complexity index is 839. The average molecular weight is 397 g/mol. The molecule has 1 aromatic carbocycles. The highest BCUT2D eigenvalue weighted by Crippen LogP contribution is 2.37. The number of Topliss-reactive ketones (excluding diaryl/α,β-unsaturated/α-hetero) is 1. The fourth-order valence-electron chi connectivity index (χ4n) is 2.43. The lowest BCUT2D eigenvalue weighted by Gasteiger charge is -2.17. The number of anilines is 1. The summed E-state index contributed by atoms with van der Waals surface area (Å²) in [7, 11) is 0. The molecule has 5 nitrogen and oxygen atoms in total. The van der Waals surface area contributed by atoms with Gasteiger partial charge in [0.05, 0.1) is 10.8 Å². The molecule has 1 heterocycles. The van der Waals surface area contributed by atoms with E-state index in [0.717, 1.165) is 36.7 Å². The van der Waals surface area contributed by atoms with Gasteiger partial charge in [0.25, 0.3) is 0 Å². The molecule has 1 fully saturated rings. The lowest BCUT2D eigenvalue weighted by molar-refractivity contribution is -0.118. The molecule has 1 saturated carbocycles. The van der Waals surface area contributed by atoms with Crippen LogP contribution < -0.4 is 4.90 Å². The molecule has 2 aromatic rings. The number of carbonyl (C=O) groups excluding carboxylic acids is 2. The van der Waals surface area contributed by atoms with E-state index in [0.29, 0.717) is 22.0 Å². The highest BCUT2D eigenvalue weighted by molar-refractivity contribution is 8.02. The van der Waals surface area contributed by atoms with E-state index in [1.165, 1.54) is 11.3 Å². The van der Waals surface area contributed by atoms with Crippen molar-refractivity contribution in [3.8, 4) is 0 Å². The molecule has 26 heavy (non-hydrogen) atoms. The molecule has 1 unspecified atom stereocenters. The molecule has 0 radical (unpaired) electrons. The summed E-state index contributed by atoms with van der Waals surface area (Å²) in [5, 5.41) is 8.03. The Balaban J connectivity index is 1.72. The molecule has 3 rings (SSSR count). The van der Waals surface area contributed by atoms with Crippen molar-refractivity contribution in [2.45, 2.75) is 48.7 Å². The Kier molecular flexibility index (Phi) is 5.67. The number of rotatable bonds is 7. The minimum Gasteiger partial charge on any atom is -0.293 e. The maximum atomic E-state index is 13.8. The molecule has 1 aromatic heterocycles. The highest BCUT2D eigenvalue weighted by Gasteiger charge is 2.35. The first kappa shape index (κ1) is 18.9. The van der Waals surface area contributed by atoms with E-state index in [-0.39, 0.29) is 17.5 Å². The third kappa shape index (κ3) is 4.09. The largest absolute Gasteiger partial charge is 0.293 e. The zero-order valence-electron chi connectivity index (χ0n) is 14.2. The molecular formula is C17H17F2N3O2S2. The van der Waals surface area contributed by atoms with Crippen molar-refractivity contribution in [1.29, 1.82) is 0 Å². The summed E-state index contributed by atoms with van der Waals surface area (Å²) in [4.78, 5) is 26.2. The van der Waals surface area contributed by atoms with Crippen LogP contribution in [0.25, 0.3) is 0 Å². The van der Waals surface area contributed by atoms with Crippen LogP contribution in [0.1, 0.15) is 43.5 Å². The second-order valence-electron chi connectivity index (χ2n) is 5.95. The van der Waals surface area contributed by atoms with Crippen molar-refractivity contribution in [3.05, 3.63) is 35.4 Å². The van der Waals surface area contributed by atoms with Gasteiger partial charge in [0, 0.05) is 18.5 Å². The van der Waals surface area contributed by atoms with Crippen LogP contribution in [-0.4, -0.2) is 33.2 Å². The second-order valence-corrected chi connectivity index (χ2v) is 8.49. The summed E-state index contributed by atoms with van der Waals surface area (Å²) in [6.07, 6.45) is 2.29. The Labute approximate surface area is 157 Å². The van der Waals surface area contributed by atoms with Crippen LogP contribution in [0.3, 0.4) is 0 Å². The SMILES string of the molecule is CCC(=O)N(c1nnc(SC(C)C(=O)c2ccc(F)cc2F)s1)C1CC1. The Morgan fingerprint density at radius 2 is 2.08 bits per heavy atom. The van der Waals surface area contributed by atoms with Gasteiger partial charge in [-0.3, -0.25) is 14.5 Å². The summed E-state index contributed by atoms with van der Waals surface area (Å²) in [6, 6.07) is 3.07. The van der Waals surface area contributed by atoms with Gasteiger partial charge in [0.15, 0.2) is 10.1 Å². The molecule has 0 spiro atoms. The van der Waals surface area contributed by atoms with Crippen LogP contribution in [0.2, 0.25) is 0 Å². The van der Waals surface area contributed by atoms with Gasteiger partial charge in [-0.15, -0.1) is 10.2 Å². The normalized spacial score (nSPS) is 14.9. The second kappa shape index (κ2) is 7.79. The van der Waals surface area contributed by atoms with Crippen LogP contribution >= 0.6 is 23.1 Å². The van der Waals surface area contributed by atoms with Crippen LogP contribution in [-0.2, 0) is 4.79 Å². The van der Waals surface area contributed by atoms with Crippen LogP contribution in [0.15, 0.2) is 22.5 Å². The molecular weight excluding hydrogens is 380 g/mol. The average Bonchev–Trinajstić information content (AvgIpc) is 3.33. The molecule has 1 amide bonds. The number of benzene rings is 1. The van der Waals surface area contributed by atoms with Gasteiger partial charge in [-0.05, 0) is 31.9 Å². The predicted molar refractivity (Wildman–Crippen MR) is 96.7 cm³/mol. The number of amides is 1. The summed E-state index contributed by atoms with van der Waals surface area (Å²) >= 11 is 2.39. The molecule has 0 aliphatic heterocycles. The number of halogens is 2. The molecule has 1 aliphatic rings. The van der Waals surface area contributed by atoms with Crippen molar-refractivity contribution in [3.63, 3.8) is 0 Å². The molecule has 1 aliphatic carbocycles. The third-order valence-corrected chi connectivity index (χ3v) is 6.04. The summed E-state index contributed by atoms with van der Waals surface area (Å²) in [6.45, 7) is 3.43. The monoisotopic (exact) mass is 397 g/mol. The van der Waals surface area contributed by atoms with Gasteiger partial charge in [-0.2, -0.15) is 0 Å². The van der Waals surface area contributed by atoms with Crippen molar-refractivity contribution < 1.29 is 18.4 Å². The maximum Gasteiger partial charge on any atom is 0.228 e. The van der Waals surface area contributed by atoms with Gasteiger partial charge in [-0.1, -0.05) is 30.0 Å². The fourth-order valence-corrected chi connectivity index (χ4v) is 4.57. The first-order valence-electron chi connectivity index (χ1n) is 8.22. The van der Waals surface area contributed by atoms with E-state index in [4.69, 9.17) is 0 Å². The number of thioether (sulfide) groups is 1. The van der Waals surface area contributed by atoms with Crippen LogP contribution in [0, 0.1) is 11.6 Å². The Hall–Kier alpha value is -1.87. The van der Waals surface area contributed by atoms with E-state index in [9.17, 15) is 18.4 Å². The third-order valence-electron chi connectivity index (χ3n) is 3.93. The molecule has 0 N–H and O–H groups in total. The zero-order chi connectivity index (χ0) is 18.8. The minimum atomic E-state index is -0.881. The zero-order valence-corrected chi connectivity index (χ0v) is 15.9. The predicted octanol–water partition coefficient (Wildman–Crippen LogP) is 4.09. The Morgan fingerprint density at radius 1 is 1.35 bits per heavy atom. The molecule has 9 heteroatoms. The fraction of sp³-hybridized carbons (Fsp3) is 0.412. The topological polar surface area (TPSA) is 63.2 Å². The number of ketones is 1. The van der Waals surface area contributed by atoms with Crippen molar-refractivity contribution >= 4 is 39.9 Å². The highest BCUT2D eigenvalue weighted by atomic mass is 32.2. The smallest absolute Gasteiger partial charge is 0.228 e. The summed E-state index contributed by atoms with van der Waals surface area (Å²) < 4.78 is 27.3. The first-order valence-corrected chi connectivity index (χ1v) is 9.91. The number of carbonyl (C=O) groups is 2. The van der Waals surface area contributed by atoms with Crippen LogP contribution in [0.5, 0.6) is 0 Å². The lowest BCUT2D eigenvalue weighted by atomic mass is 10.1. The molecule has 138 valence electrons. The maximum absolute atomic E-state index is 13.8. The first-order chi connectivity index (χ1) is 12.4. The standard InChI is InChI=1S/C17H17F2N3O2S2/c1-3-14(23)22(11-5-6-11)16-20-21-17(26-16)25-9(2)15(24)12-7-4-10(18)8-13(12)19/h4,7-9,11H,3,5-6H2,1-2H3. The van der Waals surface area contributed by atoms with Crippen molar-refractivity contribution in [2.75, 3.05) is 4.90 Å². The van der Waals surface area contributed by atoms with Crippen LogP contribution in [0.4, 0.5) is 13.9 Å². The summed E-state index contributed by atoms with van der Waals surface area (Å²) in [5.74, 6) is -2.06. The summed E-state index contributed by atoms with van der Waals surface area (Å²) in [5.41, 5.74) is -0.156. The van der Waals surface area contributed by atoms with E-state index >= 15 is 0 Å². The van der Waals surface area contributed by atoms with E-state index in [1.54, 1.807) is 18.7 Å². The molecule has 1 atom stereocenters. The van der Waals surface area contributed by atoms with E-state index in [1.807, 2.05) is 0 Å². The van der Waals surface area contributed by atoms with Crippen molar-refractivity contribution in [1.82, 2.24) is 10.2 Å². The van der Waals surface area contributed by atoms with E-state index < -0.39 is 22.7 Å². The van der Waals surface area contributed by atoms with Gasteiger partial charge in [0.1, 0.15) is 11.6 Å². The lowest BCUT2D eigenvalue weighted by Crippen LogP contribution is -2.32. The number of hydrogen-bond donors (Lipinski definition) is 0. The minimum absolute atomic E-state index is 0.00212. The van der Waals surface area contributed by atoms with E-state index in [2.05, 4.69) is 10.2 Å². The van der Waals surface area contributed by atoms with Gasteiger partial charge in [0.2, 0.25) is 11.0 Å². The molecule has 0 bridgehead atoms. The molecule has 0 saturated heterocycles. The van der Waals surface area contributed by atoms with Gasteiger partial charge >= 0.3 is 0 Å². The number of hydrogen-bond acceptors (Lipinski definition) is 6. The van der Waals surface area contributed by atoms with Gasteiger partial charge < -0.3 is 0 Å². The van der Waals surface area contributed by atoms with Gasteiger partial charge in [-0.25, -0.2) is 8.78 Å².